The van der Waals surface area contributed by atoms with E-state index in [1.165, 1.54) is 0 Å². The van der Waals surface area contributed by atoms with Crippen LogP contribution in [0.5, 0.6) is 5.75 Å². The van der Waals surface area contributed by atoms with Crippen molar-refractivity contribution in [3.63, 3.8) is 0 Å². The number of ether oxygens (including phenoxy) is 1. The lowest BCUT2D eigenvalue weighted by Gasteiger charge is -2.22. The largest absolute Gasteiger partial charge is 0.491 e. The van der Waals surface area contributed by atoms with Gasteiger partial charge in [-0.15, -0.1) is 0 Å². The molecule has 0 radical (unpaired) electrons. The molecule has 1 fully saturated rings. The highest BCUT2D eigenvalue weighted by Gasteiger charge is 2.28. The maximum atomic E-state index is 13.0. The third-order valence-electron chi connectivity index (χ3n) is 6.08. The van der Waals surface area contributed by atoms with E-state index >= 15 is 0 Å². The van der Waals surface area contributed by atoms with Gasteiger partial charge in [0.05, 0.1) is 34.8 Å². The Morgan fingerprint density at radius 3 is 2.44 bits per heavy atom. The number of hydrogen-bond acceptors (Lipinski definition) is 9. The molecule has 4 aromatic rings. The molecule has 1 saturated heterocycles. The van der Waals surface area contributed by atoms with E-state index in [0.29, 0.717) is 46.5 Å². The highest BCUT2D eigenvalue weighted by Crippen LogP contribution is 2.28. The van der Waals surface area contributed by atoms with Gasteiger partial charge in [-0.25, -0.2) is 13.4 Å². The summed E-state index contributed by atoms with van der Waals surface area (Å²) in [5, 5.41) is 15.8. The summed E-state index contributed by atoms with van der Waals surface area (Å²) >= 11 is 0. The van der Waals surface area contributed by atoms with Gasteiger partial charge in [-0.1, -0.05) is 17.3 Å². The average molecular weight is 507 g/mol. The molecule has 0 amide bonds. The van der Waals surface area contributed by atoms with Gasteiger partial charge in [0, 0.05) is 23.7 Å². The molecule has 36 heavy (non-hydrogen) atoms. The summed E-state index contributed by atoms with van der Waals surface area (Å²) in [6, 6.07) is 15.9. The van der Waals surface area contributed by atoms with Crippen LogP contribution in [0, 0.1) is 0 Å². The molecule has 5 rings (SSSR count). The van der Waals surface area contributed by atoms with Crippen LogP contribution in [0.25, 0.3) is 34.0 Å². The Balaban J connectivity index is 1.34. The average Bonchev–Trinajstić information content (AvgIpc) is 3.43. The number of benzene rings is 2. The lowest BCUT2D eigenvalue weighted by molar-refractivity contribution is 0.201. The Bertz CT molecular complexity index is 1410. The first kappa shape index (κ1) is 24.1. The number of rotatable bonds is 8. The van der Waals surface area contributed by atoms with Crippen LogP contribution in [0.15, 0.2) is 76.4 Å². The maximum absolute atomic E-state index is 13.0. The van der Waals surface area contributed by atoms with Crippen molar-refractivity contribution in [2.75, 3.05) is 26.3 Å². The quantitative estimate of drug-likeness (QED) is 0.370. The molecule has 2 aromatic carbocycles. The minimum absolute atomic E-state index is 0.0457. The number of piperidine rings is 1. The van der Waals surface area contributed by atoms with E-state index < -0.39 is 15.1 Å². The summed E-state index contributed by atoms with van der Waals surface area (Å²) in [7, 11) is -3.38. The van der Waals surface area contributed by atoms with Crippen LogP contribution in [0.4, 0.5) is 0 Å². The first-order chi connectivity index (χ1) is 17.5. The Kier molecular flexibility index (Phi) is 7.08. The first-order valence-corrected chi connectivity index (χ1v) is 13.3. The molecular weight excluding hydrogens is 480 g/mol. The van der Waals surface area contributed by atoms with E-state index in [-0.39, 0.29) is 13.2 Å². The summed E-state index contributed by atoms with van der Waals surface area (Å²) in [6.45, 7) is 1.53. The third kappa shape index (κ3) is 5.15. The third-order valence-corrected chi connectivity index (χ3v) is 8.29. The minimum Gasteiger partial charge on any atom is -0.491 e. The van der Waals surface area contributed by atoms with Crippen molar-refractivity contribution in [2.45, 2.75) is 23.0 Å². The van der Waals surface area contributed by atoms with E-state index in [4.69, 9.17) is 14.4 Å². The zero-order valence-corrected chi connectivity index (χ0v) is 20.3. The van der Waals surface area contributed by atoms with Gasteiger partial charge in [0.15, 0.2) is 15.6 Å². The van der Waals surface area contributed by atoms with E-state index in [9.17, 15) is 8.42 Å². The Labute approximate surface area is 209 Å². The van der Waals surface area contributed by atoms with Crippen molar-refractivity contribution in [1.29, 1.82) is 0 Å². The SMILES string of the molecule is O=S(=O)(c1ccc(-c2cncc(-c3cc(-c4ccc(OCCO)cc4)no3)n2)cc1)C1CCCNC1. The first-order valence-electron chi connectivity index (χ1n) is 11.7. The molecule has 1 unspecified atom stereocenters. The molecule has 1 aliphatic heterocycles. The standard InChI is InChI=1S/C26H26N4O5S/c31-12-13-34-20-7-3-18(4-8-20)23-14-26(35-30-23)25-17-28-16-24(29-25)19-5-9-21(10-6-19)36(32,33)22-2-1-11-27-15-22/h3-10,14,16-17,22,27,31H,1-2,11-13,15H2. The Morgan fingerprint density at radius 2 is 1.72 bits per heavy atom. The lowest BCUT2D eigenvalue weighted by Crippen LogP contribution is -2.38. The van der Waals surface area contributed by atoms with Gasteiger partial charge in [-0.2, -0.15) is 0 Å². The molecule has 0 aliphatic carbocycles. The smallest absolute Gasteiger partial charge is 0.187 e. The predicted octanol–water partition coefficient (Wildman–Crippen LogP) is 3.36. The van der Waals surface area contributed by atoms with Gasteiger partial charge < -0.3 is 19.7 Å². The van der Waals surface area contributed by atoms with Gasteiger partial charge in [-0.05, 0) is 55.8 Å². The second-order valence-corrected chi connectivity index (χ2v) is 10.7. The van der Waals surface area contributed by atoms with E-state index in [1.807, 2.05) is 12.1 Å². The summed E-state index contributed by atoms with van der Waals surface area (Å²) in [4.78, 5) is 9.26. The molecule has 2 aromatic heterocycles. The molecule has 2 N–H and O–H groups in total. The van der Waals surface area contributed by atoms with Gasteiger partial charge in [-0.3, -0.25) is 4.98 Å². The maximum Gasteiger partial charge on any atom is 0.187 e. The molecule has 9 nitrogen and oxygen atoms in total. The number of aliphatic hydroxyl groups is 1. The zero-order chi connectivity index (χ0) is 25.0. The highest BCUT2D eigenvalue weighted by molar-refractivity contribution is 7.92. The molecule has 186 valence electrons. The minimum atomic E-state index is -3.38. The zero-order valence-electron chi connectivity index (χ0n) is 19.5. The van der Waals surface area contributed by atoms with E-state index in [0.717, 1.165) is 24.1 Å². The Hall–Kier alpha value is -3.60. The van der Waals surface area contributed by atoms with Crippen molar-refractivity contribution in [1.82, 2.24) is 20.4 Å². The molecule has 0 saturated carbocycles. The van der Waals surface area contributed by atoms with Gasteiger partial charge in [0.1, 0.15) is 23.7 Å². The van der Waals surface area contributed by atoms with Crippen LogP contribution >= 0.6 is 0 Å². The monoisotopic (exact) mass is 506 g/mol. The fourth-order valence-electron chi connectivity index (χ4n) is 4.13. The van der Waals surface area contributed by atoms with Crippen LogP contribution in [0.3, 0.4) is 0 Å². The number of nitrogens with one attached hydrogen (secondary N) is 1. The predicted molar refractivity (Wildman–Crippen MR) is 134 cm³/mol. The second-order valence-electron chi connectivity index (χ2n) is 8.50. The van der Waals surface area contributed by atoms with Crippen LogP contribution in [0.2, 0.25) is 0 Å². The molecular formula is C26H26N4O5S. The number of hydrogen-bond donors (Lipinski definition) is 2. The fraction of sp³-hybridized carbons (Fsp3) is 0.269. The van der Waals surface area contributed by atoms with Crippen molar-refractivity contribution < 1.29 is 22.8 Å². The van der Waals surface area contributed by atoms with Crippen LogP contribution in [0.1, 0.15) is 12.8 Å². The molecule has 1 atom stereocenters. The van der Waals surface area contributed by atoms with E-state index in [2.05, 4.69) is 20.4 Å². The van der Waals surface area contributed by atoms with Crippen LogP contribution in [-0.4, -0.2) is 60.2 Å². The Morgan fingerprint density at radius 1 is 1.00 bits per heavy atom. The topological polar surface area (TPSA) is 127 Å². The van der Waals surface area contributed by atoms with Crippen molar-refractivity contribution in [3.8, 4) is 39.7 Å². The number of nitrogens with zero attached hydrogens (tertiary/aromatic N) is 3. The molecule has 0 bridgehead atoms. The number of aromatic nitrogens is 3. The number of aliphatic hydroxyl groups excluding tert-OH is 1. The summed E-state index contributed by atoms with van der Waals surface area (Å²) < 4.78 is 36.8. The summed E-state index contributed by atoms with van der Waals surface area (Å²) in [5.41, 5.74) is 3.34. The fourth-order valence-corrected chi connectivity index (χ4v) is 5.85. The molecule has 3 heterocycles. The second kappa shape index (κ2) is 10.6. The van der Waals surface area contributed by atoms with Crippen LogP contribution < -0.4 is 10.1 Å². The molecule has 1 aliphatic rings. The molecule has 10 heteroatoms. The van der Waals surface area contributed by atoms with Gasteiger partial charge >= 0.3 is 0 Å². The van der Waals surface area contributed by atoms with Crippen molar-refractivity contribution in [3.05, 3.63) is 67.0 Å². The van der Waals surface area contributed by atoms with Crippen molar-refractivity contribution >= 4 is 9.84 Å². The summed E-state index contributed by atoms with van der Waals surface area (Å²) in [6.07, 6.45) is 4.75. The van der Waals surface area contributed by atoms with Gasteiger partial charge in [0.25, 0.3) is 0 Å². The van der Waals surface area contributed by atoms with Gasteiger partial charge in [0.2, 0.25) is 0 Å². The lowest BCUT2D eigenvalue weighted by atomic mass is 10.1. The normalized spacial score (nSPS) is 16.1. The molecule has 0 spiro atoms. The van der Waals surface area contributed by atoms with E-state index in [1.54, 1.807) is 54.9 Å². The highest BCUT2D eigenvalue weighted by atomic mass is 32.2. The number of sulfone groups is 1. The van der Waals surface area contributed by atoms with Crippen molar-refractivity contribution in [2.24, 2.45) is 0 Å². The summed E-state index contributed by atoms with van der Waals surface area (Å²) in [5.74, 6) is 1.12. The van der Waals surface area contributed by atoms with Crippen LogP contribution in [-0.2, 0) is 9.84 Å².